The topological polar surface area (TPSA) is 67.6 Å². The van der Waals surface area contributed by atoms with Crippen molar-refractivity contribution in [2.75, 3.05) is 0 Å². The Kier molecular flexibility index (Phi) is 3.44. The second-order valence-corrected chi connectivity index (χ2v) is 7.61. The molecule has 1 aliphatic heterocycles. The third-order valence-corrected chi connectivity index (χ3v) is 6.13. The molecule has 2 aromatic rings. The number of amides is 2. The molecule has 27 heavy (non-hydrogen) atoms. The van der Waals surface area contributed by atoms with Gasteiger partial charge in [-0.1, -0.05) is 12.2 Å². The Labute approximate surface area is 157 Å². The number of aromatic nitrogens is 2. The number of allylic oxidation sites excluding steroid dienone is 2. The predicted molar refractivity (Wildman–Crippen MR) is 100 cm³/mol. The Hall–Kier alpha value is -3.02. The Morgan fingerprint density at radius 3 is 2.48 bits per heavy atom. The fourth-order valence-corrected chi connectivity index (χ4v) is 4.92. The zero-order valence-electron chi connectivity index (χ0n) is 15.2. The SMILES string of the molecule is Cc1cc(C=NN2C(=O)C3C4C=CC(C4)C3C2=O)c(C)n1-c1cccnc1. The number of hydrazone groups is 1. The van der Waals surface area contributed by atoms with Crippen molar-refractivity contribution < 1.29 is 9.59 Å². The van der Waals surface area contributed by atoms with E-state index in [9.17, 15) is 9.59 Å². The summed E-state index contributed by atoms with van der Waals surface area (Å²) in [5.74, 6) is -0.335. The second kappa shape index (κ2) is 5.74. The lowest BCUT2D eigenvalue weighted by Gasteiger charge is -2.13. The summed E-state index contributed by atoms with van der Waals surface area (Å²) in [5, 5.41) is 5.39. The fraction of sp³-hybridized carbons (Fsp3) is 0.333. The first kappa shape index (κ1) is 16.2. The van der Waals surface area contributed by atoms with Crippen LogP contribution in [-0.4, -0.2) is 32.6 Å². The smallest absolute Gasteiger partial charge is 0.254 e. The zero-order valence-corrected chi connectivity index (χ0v) is 15.2. The monoisotopic (exact) mass is 360 g/mol. The molecule has 2 aromatic heterocycles. The number of hydrogen-bond acceptors (Lipinski definition) is 4. The lowest BCUT2D eigenvalue weighted by Crippen LogP contribution is -2.28. The first-order valence-corrected chi connectivity index (χ1v) is 9.25. The molecule has 0 radical (unpaired) electrons. The van der Waals surface area contributed by atoms with Gasteiger partial charge in [0.1, 0.15) is 0 Å². The van der Waals surface area contributed by atoms with Crippen molar-refractivity contribution in [2.24, 2.45) is 28.8 Å². The number of hydrogen-bond donors (Lipinski definition) is 0. The minimum Gasteiger partial charge on any atom is -0.316 e. The van der Waals surface area contributed by atoms with E-state index in [-0.39, 0.29) is 35.5 Å². The molecular weight excluding hydrogens is 340 g/mol. The number of pyridine rings is 1. The third kappa shape index (κ3) is 2.25. The number of carbonyl (C=O) groups is 2. The largest absolute Gasteiger partial charge is 0.316 e. The highest BCUT2D eigenvalue weighted by Crippen LogP contribution is 2.52. The third-order valence-electron chi connectivity index (χ3n) is 6.13. The summed E-state index contributed by atoms with van der Waals surface area (Å²) in [6.07, 6.45) is 10.3. The molecule has 2 bridgehead atoms. The molecule has 0 N–H and O–H groups in total. The molecule has 3 heterocycles. The Balaban J connectivity index is 1.44. The van der Waals surface area contributed by atoms with Crippen molar-refractivity contribution in [3.8, 4) is 5.69 Å². The van der Waals surface area contributed by atoms with Crippen LogP contribution in [0.2, 0.25) is 0 Å². The summed E-state index contributed by atoms with van der Waals surface area (Å²) in [6.45, 7) is 4.01. The standard InChI is InChI=1S/C21H20N4O2/c1-12-8-16(13(2)24(12)17-4-3-7-22-11-17)10-23-25-20(26)18-14-5-6-15(9-14)19(18)21(25)27/h3-8,10-11,14-15,18-19H,9H2,1-2H3. The summed E-state index contributed by atoms with van der Waals surface area (Å²) in [4.78, 5) is 29.6. The number of nitrogens with zero attached hydrogens (tertiary/aromatic N) is 4. The minimum absolute atomic E-state index is 0.154. The maximum absolute atomic E-state index is 12.7. The average molecular weight is 360 g/mol. The van der Waals surface area contributed by atoms with E-state index in [1.807, 2.05) is 32.0 Å². The van der Waals surface area contributed by atoms with Crippen LogP contribution in [0.4, 0.5) is 0 Å². The van der Waals surface area contributed by atoms with Crippen molar-refractivity contribution in [1.29, 1.82) is 0 Å². The normalized spacial score (nSPS) is 28.7. The van der Waals surface area contributed by atoms with E-state index in [2.05, 4.69) is 26.8 Å². The molecule has 1 saturated carbocycles. The number of imide groups is 1. The highest BCUT2D eigenvalue weighted by atomic mass is 16.2. The van der Waals surface area contributed by atoms with Crippen molar-refractivity contribution in [2.45, 2.75) is 20.3 Å². The van der Waals surface area contributed by atoms with Gasteiger partial charge in [0, 0.05) is 23.1 Å². The summed E-state index contributed by atoms with van der Waals surface area (Å²) >= 11 is 0. The van der Waals surface area contributed by atoms with Crippen molar-refractivity contribution in [3.05, 3.63) is 59.7 Å². The van der Waals surface area contributed by atoms with Crippen LogP contribution in [0.15, 0.2) is 47.8 Å². The van der Waals surface area contributed by atoms with E-state index in [1.165, 1.54) is 0 Å². The molecule has 2 fully saturated rings. The lowest BCUT2D eigenvalue weighted by atomic mass is 9.85. The molecule has 4 unspecified atom stereocenters. The molecule has 4 atom stereocenters. The van der Waals surface area contributed by atoms with E-state index < -0.39 is 0 Å². The zero-order chi connectivity index (χ0) is 18.7. The minimum atomic E-state index is -0.215. The number of rotatable bonds is 3. The molecule has 136 valence electrons. The van der Waals surface area contributed by atoms with E-state index >= 15 is 0 Å². The van der Waals surface area contributed by atoms with Gasteiger partial charge < -0.3 is 4.57 Å². The van der Waals surface area contributed by atoms with Crippen molar-refractivity contribution in [3.63, 3.8) is 0 Å². The Morgan fingerprint density at radius 1 is 1.15 bits per heavy atom. The molecule has 2 amide bonds. The van der Waals surface area contributed by atoms with Crippen molar-refractivity contribution in [1.82, 2.24) is 14.6 Å². The molecule has 1 saturated heterocycles. The van der Waals surface area contributed by atoms with Crippen LogP contribution in [0, 0.1) is 37.5 Å². The van der Waals surface area contributed by atoms with Gasteiger partial charge in [-0.3, -0.25) is 14.6 Å². The van der Waals surface area contributed by atoms with Gasteiger partial charge in [-0.2, -0.15) is 10.1 Å². The quantitative estimate of drug-likeness (QED) is 0.480. The molecule has 0 aromatic carbocycles. The lowest BCUT2D eigenvalue weighted by molar-refractivity contribution is -0.140. The summed E-state index contributed by atoms with van der Waals surface area (Å²) in [7, 11) is 0. The first-order chi connectivity index (χ1) is 13.1. The van der Waals surface area contributed by atoms with Gasteiger partial charge in [0.25, 0.3) is 11.8 Å². The van der Waals surface area contributed by atoms with Crippen LogP contribution in [-0.2, 0) is 9.59 Å². The fourth-order valence-electron chi connectivity index (χ4n) is 4.92. The Bertz CT molecular complexity index is 975. The van der Waals surface area contributed by atoms with Gasteiger partial charge in [-0.25, -0.2) is 0 Å². The predicted octanol–water partition coefficient (Wildman–Crippen LogP) is 2.63. The van der Waals surface area contributed by atoms with Crippen LogP contribution in [0.1, 0.15) is 23.4 Å². The second-order valence-electron chi connectivity index (χ2n) is 7.61. The van der Waals surface area contributed by atoms with Crippen LogP contribution >= 0.6 is 0 Å². The maximum atomic E-state index is 12.7. The number of aryl methyl sites for hydroxylation is 1. The maximum Gasteiger partial charge on any atom is 0.254 e. The summed E-state index contributed by atoms with van der Waals surface area (Å²) in [5.41, 5.74) is 3.89. The van der Waals surface area contributed by atoms with Crippen molar-refractivity contribution >= 4 is 18.0 Å². The van der Waals surface area contributed by atoms with E-state index in [4.69, 9.17) is 0 Å². The van der Waals surface area contributed by atoms with Crippen LogP contribution in [0.3, 0.4) is 0 Å². The van der Waals surface area contributed by atoms with Crippen LogP contribution in [0.5, 0.6) is 0 Å². The molecular formula is C21H20N4O2. The van der Waals surface area contributed by atoms with Gasteiger partial charge in [0.2, 0.25) is 0 Å². The van der Waals surface area contributed by atoms with Gasteiger partial charge in [0.05, 0.1) is 29.9 Å². The van der Waals surface area contributed by atoms with E-state index in [0.717, 1.165) is 34.1 Å². The highest BCUT2D eigenvalue weighted by Gasteiger charge is 2.59. The number of carbonyl (C=O) groups excluding carboxylic acids is 2. The molecule has 2 aliphatic carbocycles. The molecule has 5 rings (SSSR count). The summed E-state index contributed by atoms with van der Waals surface area (Å²) in [6, 6.07) is 5.89. The molecule has 6 nitrogen and oxygen atoms in total. The van der Waals surface area contributed by atoms with Crippen LogP contribution in [0.25, 0.3) is 5.69 Å². The van der Waals surface area contributed by atoms with Crippen LogP contribution < -0.4 is 0 Å². The molecule has 6 heteroatoms. The highest BCUT2D eigenvalue weighted by molar-refractivity contribution is 6.06. The van der Waals surface area contributed by atoms with E-state index in [0.29, 0.717) is 0 Å². The van der Waals surface area contributed by atoms with Gasteiger partial charge in [0.15, 0.2) is 0 Å². The average Bonchev–Trinajstić information content (AvgIpc) is 3.40. The summed E-state index contributed by atoms with van der Waals surface area (Å²) < 4.78 is 2.08. The molecule has 3 aliphatic rings. The molecule has 0 spiro atoms. The van der Waals surface area contributed by atoms with Gasteiger partial charge >= 0.3 is 0 Å². The van der Waals surface area contributed by atoms with E-state index in [1.54, 1.807) is 18.6 Å². The first-order valence-electron chi connectivity index (χ1n) is 9.25. The Morgan fingerprint density at radius 2 is 1.85 bits per heavy atom. The van der Waals surface area contributed by atoms with Gasteiger partial charge in [-0.05, 0) is 50.3 Å². The van der Waals surface area contributed by atoms with Gasteiger partial charge in [-0.15, -0.1) is 0 Å². The number of fused-ring (bicyclic) bond motifs is 5.